The largest absolute Gasteiger partial charge is 0.454 e. The van der Waals surface area contributed by atoms with Crippen molar-refractivity contribution in [1.29, 1.82) is 0 Å². The number of amides is 1. The quantitative estimate of drug-likeness (QED) is 0.0149. The van der Waals surface area contributed by atoms with Gasteiger partial charge in [-0.05, 0) is 70.6 Å². The first-order valence-electron chi connectivity index (χ1n) is 28.9. The summed E-state index contributed by atoms with van der Waals surface area (Å²) in [7, 11) is 0. The van der Waals surface area contributed by atoms with Gasteiger partial charge in [0.2, 0.25) is 5.91 Å². The average Bonchev–Trinajstić information content (AvgIpc) is 3.38. The molecule has 0 aromatic heterocycles. The zero-order chi connectivity index (χ0) is 52.5. The highest BCUT2D eigenvalue weighted by atomic mass is 16.7. The van der Waals surface area contributed by atoms with Gasteiger partial charge in [0.1, 0.15) is 24.4 Å². The van der Waals surface area contributed by atoms with Crippen molar-refractivity contribution in [1.82, 2.24) is 5.32 Å². The maximum atomic E-state index is 13.3. The van der Waals surface area contributed by atoms with Crippen LogP contribution in [0.4, 0.5) is 0 Å². The predicted octanol–water partition coefficient (Wildman–Crippen LogP) is 13.0. The Labute approximate surface area is 438 Å². The molecule has 1 aliphatic rings. The molecule has 1 heterocycles. The lowest BCUT2D eigenvalue weighted by molar-refractivity contribution is -0.305. The van der Waals surface area contributed by atoms with Crippen molar-refractivity contribution < 1.29 is 49.3 Å². The summed E-state index contributed by atoms with van der Waals surface area (Å²) in [6.07, 6.45) is 52.0. The molecule has 11 heteroatoms. The zero-order valence-electron chi connectivity index (χ0n) is 45.5. The van der Waals surface area contributed by atoms with Crippen LogP contribution in [0.1, 0.15) is 226 Å². The van der Waals surface area contributed by atoms with Crippen LogP contribution < -0.4 is 5.32 Å². The van der Waals surface area contributed by atoms with E-state index in [1.807, 2.05) is 60.8 Å². The molecule has 0 aromatic carbocycles. The molecule has 0 radical (unpaired) electrons. The Kier molecular flexibility index (Phi) is 45.3. The van der Waals surface area contributed by atoms with E-state index >= 15 is 0 Å². The van der Waals surface area contributed by atoms with Gasteiger partial charge in [-0.1, -0.05) is 234 Å². The third kappa shape index (κ3) is 36.7. The average molecular weight is 1010 g/mol. The summed E-state index contributed by atoms with van der Waals surface area (Å²) in [5.74, 6) is -1.25. The Morgan fingerprint density at radius 3 is 1.54 bits per heavy atom. The van der Waals surface area contributed by atoms with E-state index < -0.39 is 67.4 Å². The van der Waals surface area contributed by atoms with Gasteiger partial charge in [-0.2, -0.15) is 0 Å². The Morgan fingerprint density at radius 1 is 0.556 bits per heavy atom. The van der Waals surface area contributed by atoms with Gasteiger partial charge in [0.05, 0.1) is 25.4 Å². The van der Waals surface area contributed by atoms with Crippen molar-refractivity contribution >= 4 is 11.9 Å². The lowest BCUT2D eigenvalue weighted by Crippen LogP contribution is -2.61. The molecule has 72 heavy (non-hydrogen) atoms. The monoisotopic (exact) mass is 1010 g/mol. The van der Waals surface area contributed by atoms with Gasteiger partial charge in [0, 0.05) is 6.42 Å². The fourth-order valence-corrected chi connectivity index (χ4v) is 8.55. The molecule has 8 unspecified atom stereocenters. The normalized spacial score (nSPS) is 20.1. The van der Waals surface area contributed by atoms with Crippen molar-refractivity contribution in [2.24, 2.45) is 0 Å². The smallest absolute Gasteiger partial charge is 0.306 e. The molecule has 8 atom stereocenters. The number of aliphatic hydroxyl groups excluding tert-OH is 5. The SMILES string of the molecule is CC/C=C/C=C/C=C\C=C/C=C/CCCCC(O)C(=O)NC(COC1OC(CO)C(O)C(O)C1OC(=O)CCCCCCCCC/C=C/CCCCCCCC)C(O)/C=C/CCCCCCCCCCCC. The summed E-state index contributed by atoms with van der Waals surface area (Å²) >= 11 is 0. The molecule has 1 fully saturated rings. The van der Waals surface area contributed by atoms with E-state index in [4.69, 9.17) is 14.2 Å². The van der Waals surface area contributed by atoms with Crippen molar-refractivity contribution in [3.05, 3.63) is 85.1 Å². The molecule has 1 saturated heterocycles. The number of nitrogens with one attached hydrogen (secondary N) is 1. The number of esters is 1. The van der Waals surface area contributed by atoms with Gasteiger partial charge in [-0.15, -0.1) is 0 Å². The highest BCUT2D eigenvalue weighted by Gasteiger charge is 2.47. The highest BCUT2D eigenvalue weighted by Crippen LogP contribution is 2.26. The first-order valence-corrected chi connectivity index (χ1v) is 28.9. The number of aliphatic hydroxyl groups is 5. The number of carbonyl (C=O) groups excluding carboxylic acids is 2. The van der Waals surface area contributed by atoms with E-state index in [-0.39, 0.29) is 19.4 Å². The van der Waals surface area contributed by atoms with Crippen molar-refractivity contribution in [3.8, 4) is 0 Å². The van der Waals surface area contributed by atoms with Crippen LogP contribution in [0.2, 0.25) is 0 Å². The van der Waals surface area contributed by atoms with E-state index in [0.29, 0.717) is 12.8 Å². The lowest BCUT2D eigenvalue weighted by Gasteiger charge is -2.41. The summed E-state index contributed by atoms with van der Waals surface area (Å²) in [4.78, 5) is 26.4. The van der Waals surface area contributed by atoms with E-state index in [2.05, 4.69) is 44.3 Å². The van der Waals surface area contributed by atoms with Crippen LogP contribution in [0, 0.1) is 0 Å². The Bertz CT molecular complexity index is 1490. The number of hydrogen-bond acceptors (Lipinski definition) is 10. The Morgan fingerprint density at radius 2 is 1.01 bits per heavy atom. The number of rotatable bonds is 47. The molecule has 0 aliphatic carbocycles. The molecule has 0 spiro atoms. The fraction of sp³-hybridized carbons (Fsp3) is 0.738. The molecule has 11 nitrogen and oxygen atoms in total. The molecule has 1 aliphatic heterocycles. The first-order chi connectivity index (χ1) is 35.2. The van der Waals surface area contributed by atoms with Gasteiger partial charge >= 0.3 is 5.97 Å². The van der Waals surface area contributed by atoms with Crippen LogP contribution in [0.25, 0.3) is 0 Å². The van der Waals surface area contributed by atoms with Crippen LogP contribution in [-0.4, -0.2) is 99.6 Å². The van der Waals surface area contributed by atoms with Gasteiger partial charge in [-0.25, -0.2) is 0 Å². The molecule has 1 amide bonds. The molecule has 6 N–H and O–H groups in total. The van der Waals surface area contributed by atoms with Crippen LogP contribution in [0.15, 0.2) is 85.1 Å². The van der Waals surface area contributed by atoms with Gasteiger partial charge in [0.25, 0.3) is 0 Å². The van der Waals surface area contributed by atoms with Crippen LogP contribution in [0.3, 0.4) is 0 Å². The summed E-state index contributed by atoms with van der Waals surface area (Å²) in [6, 6.07) is -1.05. The molecular weight excluding hydrogens is 907 g/mol. The second-order valence-electron chi connectivity index (χ2n) is 19.8. The molecule has 0 aromatic rings. The molecule has 0 bridgehead atoms. The van der Waals surface area contributed by atoms with E-state index in [1.54, 1.807) is 6.08 Å². The van der Waals surface area contributed by atoms with E-state index in [1.165, 1.54) is 103 Å². The Hall–Kier alpha value is -3.16. The topological polar surface area (TPSA) is 175 Å². The number of allylic oxidation sites excluding steroid dienone is 13. The van der Waals surface area contributed by atoms with E-state index in [0.717, 1.165) is 77.0 Å². The minimum Gasteiger partial charge on any atom is -0.454 e. The summed E-state index contributed by atoms with van der Waals surface area (Å²) < 4.78 is 17.6. The standard InChI is InChI=1S/C61H105NO10/c1-4-7-10-13-16-19-22-25-27-28-29-31-34-37-40-43-46-49-56(66)72-59-58(68)57(67)55(50-63)71-61(59)70-51-52(53(64)47-44-41-38-35-32-24-21-18-15-12-9-6-3)62-60(69)54(65)48-45-42-39-36-33-30-26-23-20-17-14-11-8-5-2/h8,11,14,17,20,23,25-27,30,33,36,44,47,52-55,57-59,61,63-65,67-68H,4-7,9-10,12-13,15-16,18-19,21-22,24,28-29,31-32,34-35,37-43,45-46,48-51H2,1-3H3,(H,62,69)/b11-8+,17-14+,23-20-,27-25+,30-26-,36-33+,47-44+. The second kappa shape index (κ2) is 48.8. The second-order valence-corrected chi connectivity index (χ2v) is 19.8. The molecule has 1 rings (SSSR count). The molecule has 0 saturated carbocycles. The van der Waals surface area contributed by atoms with Crippen molar-refractivity contribution in [2.75, 3.05) is 13.2 Å². The van der Waals surface area contributed by atoms with Crippen molar-refractivity contribution in [2.45, 2.75) is 275 Å². The summed E-state index contributed by atoms with van der Waals surface area (Å²) in [6.45, 7) is 5.59. The number of carbonyl (C=O) groups is 2. The lowest BCUT2D eigenvalue weighted by atomic mass is 9.99. The maximum Gasteiger partial charge on any atom is 0.306 e. The van der Waals surface area contributed by atoms with Gasteiger partial charge in [-0.3, -0.25) is 9.59 Å². The minimum atomic E-state index is -1.63. The minimum absolute atomic E-state index is 0.110. The maximum absolute atomic E-state index is 13.3. The van der Waals surface area contributed by atoms with E-state index in [9.17, 15) is 35.1 Å². The summed E-state index contributed by atoms with van der Waals surface area (Å²) in [5.41, 5.74) is 0. The fourth-order valence-electron chi connectivity index (χ4n) is 8.55. The third-order valence-corrected chi connectivity index (χ3v) is 13.2. The molecule has 414 valence electrons. The zero-order valence-corrected chi connectivity index (χ0v) is 45.5. The van der Waals surface area contributed by atoms with Crippen LogP contribution >= 0.6 is 0 Å². The van der Waals surface area contributed by atoms with Crippen molar-refractivity contribution in [3.63, 3.8) is 0 Å². The number of unbranched alkanes of at least 4 members (excludes halogenated alkanes) is 25. The van der Waals surface area contributed by atoms with Gasteiger partial charge < -0.3 is 45.1 Å². The predicted molar refractivity (Wildman–Crippen MR) is 296 cm³/mol. The highest BCUT2D eigenvalue weighted by molar-refractivity contribution is 5.80. The molecular formula is C61H105NO10. The van der Waals surface area contributed by atoms with Crippen LogP contribution in [-0.2, 0) is 23.8 Å². The Balaban J connectivity index is 2.76. The van der Waals surface area contributed by atoms with Gasteiger partial charge in [0.15, 0.2) is 12.4 Å². The number of hydrogen-bond donors (Lipinski definition) is 6. The third-order valence-electron chi connectivity index (χ3n) is 13.2. The first kappa shape index (κ1) is 66.9. The number of ether oxygens (including phenoxy) is 3. The summed E-state index contributed by atoms with van der Waals surface area (Å²) in [5, 5.41) is 56.8. The van der Waals surface area contributed by atoms with Crippen LogP contribution in [0.5, 0.6) is 0 Å².